The summed E-state index contributed by atoms with van der Waals surface area (Å²) < 4.78 is 2.33. The molecule has 1 aliphatic heterocycles. The third-order valence-electron chi connectivity index (χ3n) is 3.23. The van der Waals surface area contributed by atoms with Gasteiger partial charge in [0.1, 0.15) is 5.82 Å². The van der Waals surface area contributed by atoms with Crippen molar-refractivity contribution in [1.29, 1.82) is 0 Å². The van der Waals surface area contributed by atoms with Crippen LogP contribution in [0.3, 0.4) is 0 Å². The molecule has 2 heterocycles. The SMILES string of the molecule is c1ccc(-c2cn3c(n2)CCCCC3)cc1. The molecule has 0 unspecified atom stereocenters. The lowest BCUT2D eigenvalue weighted by atomic mass is 10.2. The number of fused-ring (bicyclic) bond motifs is 1. The fraction of sp³-hybridized carbons (Fsp3) is 0.357. The molecular formula is C14H16N2. The van der Waals surface area contributed by atoms with E-state index in [1.807, 2.05) is 6.07 Å². The fourth-order valence-electron chi connectivity index (χ4n) is 2.34. The lowest BCUT2D eigenvalue weighted by Crippen LogP contribution is -1.98. The van der Waals surface area contributed by atoms with Crippen LogP contribution in [0.5, 0.6) is 0 Å². The Morgan fingerprint density at radius 3 is 2.75 bits per heavy atom. The van der Waals surface area contributed by atoms with Gasteiger partial charge in [0.25, 0.3) is 0 Å². The molecule has 0 N–H and O–H groups in total. The molecule has 0 saturated carbocycles. The lowest BCUT2D eigenvalue weighted by molar-refractivity contribution is 0.635. The van der Waals surface area contributed by atoms with Crippen molar-refractivity contribution in [2.75, 3.05) is 0 Å². The number of nitrogens with zero attached hydrogens (tertiary/aromatic N) is 2. The predicted octanol–water partition coefficient (Wildman–Crippen LogP) is 3.28. The summed E-state index contributed by atoms with van der Waals surface area (Å²) in [5, 5.41) is 0. The van der Waals surface area contributed by atoms with Gasteiger partial charge in [-0.2, -0.15) is 0 Å². The molecule has 16 heavy (non-hydrogen) atoms. The second-order valence-corrected chi connectivity index (χ2v) is 4.41. The molecule has 0 fully saturated rings. The fourth-order valence-corrected chi connectivity index (χ4v) is 2.34. The number of hydrogen-bond donors (Lipinski definition) is 0. The quantitative estimate of drug-likeness (QED) is 0.709. The van der Waals surface area contributed by atoms with E-state index in [9.17, 15) is 0 Å². The predicted molar refractivity (Wildman–Crippen MR) is 65.2 cm³/mol. The highest BCUT2D eigenvalue weighted by molar-refractivity contribution is 5.58. The maximum absolute atomic E-state index is 4.74. The van der Waals surface area contributed by atoms with E-state index in [4.69, 9.17) is 4.98 Å². The Hall–Kier alpha value is -1.57. The zero-order valence-electron chi connectivity index (χ0n) is 9.39. The van der Waals surface area contributed by atoms with E-state index in [0.717, 1.165) is 18.7 Å². The van der Waals surface area contributed by atoms with E-state index in [0.29, 0.717) is 0 Å². The molecule has 0 aliphatic carbocycles. The Morgan fingerprint density at radius 1 is 1.00 bits per heavy atom. The van der Waals surface area contributed by atoms with Gasteiger partial charge in [0, 0.05) is 24.7 Å². The summed E-state index contributed by atoms with van der Waals surface area (Å²) in [4.78, 5) is 4.74. The third kappa shape index (κ3) is 1.75. The number of aromatic nitrogens is 2. The van der Waals surface area contributed by atoms with Crippen molar-refractivity contribution in [3.05, 3.63) is 42.4 Å². The minimum Gasteiger partial charge on any atom is -0.334 e. The monoisotopic (exact) mass is 212 g/mol. The van der Waals surface area contributed by atoms with Gasteiger partial charge in [-0.15, -0.1) is 0 Å². The van der Waals surface area contributed by atoms with Crippen LogP contribution in [0.25, 0.3) is 11.3 Å². The summed E-state index contributed by atoms with van der Waals surface area (Å²) in [6, 6.07) is 10.4. The van der Waals surface area contributed by atoms with E-state index in [2.05, 4.69) is 35.0 Å². The van der Waals surface area contributed by atoms with Crippen molar-refractivity contribution in [2.45, 2.75) is 32.2 Å². The number of benzene rings is 1. The zero-order valence-corrected chi connectivity index (χ0v) is 9.39. The molecule has 2 heteroatoms. The largest absolute Gasteiger partial charge is 0.334 e. The smallest absolute Gasteiger partial charge is 0.109 e. The van der Waals surface area contributed by atoms with E-state index in [1.165, 1.54) is 30.7 Å². The first kappa shape index (κ1) is 9.64. The van der Waals surface area contributed by atoms with Gasteiger partial charge in [0.2, 0.25) is 0 Å². The first-order chi connectivity index (χ1) is 7.93. The van der Waals surface area contributed by atoms with Gasteiger partial charge in [0.15, 0.2) is 0 Å². The van der Waals surface area contributed by atoms with Crippen LogP contribution in [0.15, 0.2) is 36.5 Å². The van der Waals surface area contributed by atoms with Gasteiger partial charge < -0.3 is 4.57 Å². The van der Waals surface area contributed by atoms with E-state index in [1.54, 1.807) is 0 Å². The summed E-state index contributed by atoms with van der Waals surface area (Å²) >= 11 is 0. The molecule has 2 nitrogen and oxygen atoms in total. The molecule has 0 radical (unpaired) electrons. The first-order valence-corrected chi connectivity index (χ1v) is 6.05. The molecule has 1 aliphatic rings. The van der Waals surface area contributed by atoms with Gasteiger partial charge in [-0.1, -0.05) is 36.8 Å². The van der Waals surface area contributed by atoms with Gasteiger partial charge in [-0.25, -0.2) is 4.98 Å². The first-order valence-electron chi connectivity index (χ1n) is 6.05. The average Bonchev–Trinajstić information content (AvgIpc) is 2.62. The van der Waals surface area contributed by atoms with Crippen LogP contribution in [-0.4, -0.2) is 9.55 Å². The average molecular weight is 212 g/mol. The molecule has 1 aromatic heterocycles. The van der Waals surface area contributed by atoms with E-state index in [-0.39, 0.29) is 0 Å². The normalized spacial score (nSPS) is 15.5. The van der Waals surface area contributed by atoms with Gasteiger partial charge in [0.05, 0.1) is 5.69 Å². The Bertz CT molecular complexity index is 447. The molecule has 0 spiro atoms. The molecule has 0 amide bonds. The van der Waals surface area contributed by atoms with Crippen molar-refractivity contribution in [2.24, 2.45) is 0 Å². The van der Waals surface area contributed by atoms with Crippen LogP contribution >= 0.6 is 0 Å². The van der Waals surface area contributed by atoms with Crippen molar-refractivity contribution in [3.63, 3.8) is 0 Å². The van der Waals surface area contributed by atoms with Crippen LogP contribution in [0.1, 0.15) is 25.1 Å². The lowest BCUT2D eigenvalue weighted by Gasteiger charge is -1.99. The molecular weight excluding hydrogens is 196 g/mol. The van der Waals surface area contributed by atoms with Crippen molar-refractivity contribution >= 4 is 0 Å². The number of aryl methyl sites for hydroxylation is 2. The molecule has 0 saturated heterocycles. The Kier molecular flexibility index (Phi) is 2.49. The van der Waals surface area contributed by atoms with Crippen LogP contribution in [0, 0.1) is 0 Å². The topological polar surface area (TPSA) is 17.8 Å². The highest BCUT2D eigenvalue weighted by Gasteiger charge is 2.11. The summed E-state index contributed by atoms with van der Waals surface area (Å²) in [7, 11) is 0. The number of rotatable bonds is 1. The van der Waals surface area contributed by atoms with Crippen molar-refractivity contribution in [3.8, 4) is 11.3 Å². The summed E-state index contributed by atoms with van der Waals surface area (Å²) in [6.07, 6.45) is 7.25. The van der Waals surface area contributed by atoms with Crippen LogP contribution < -0.4 is 0 Å². The molecule has 1 aromatic carbocycles. The minimum absolute atomic E-state index is 1.12. The highest BCUT2D eigenvalue weighted by atomic mass is 15.1. The molecule has 0 bridgehead atoms. The van der Waals surface area contributed by atoms with Crippen LogP contribution in [0.2, 0.25) is 0 Å². The van der Waals surface area contributed by atoms with Gasteiger partial charge in [-0.3, -0.25) is 0 Å². The summed E-state index contributed by atoms with van der Waals surface area (Å²) in [5.74, 6) is 1.26. The molecule has 82 valence electrons. The van der Waals surface area contributed by atoms with Crippen molar-refractivity contribution in [1.82, 2.24) is 9.55 Å². The Labute approximate surface area is 95.9 Å². The number of hydrogen-bond acceptors (Lipinski definition) is 1. The van der Waals surface area contributed by atoms with Crippen LogP contribution in [0.4, 0.5) is 0 Å². The van der Waals surface area contributed by atoms with Gasteiger partial charge >= 0.3 is 0 Å². The second kappa shape index (κ2) is 4.12. The number of imidazole rings is 1. The van der Waals surface area contributed by atoms with E-state index < -0.39 is 0 Å². The molecule has 2 aromatic rings. The molecule has 0 atom stereocenters. The second-order valence-electron chi connectivity index (χ2n) is 4.41. The Balaban J connectivity index is 1.98. The summed E-state index contributed by atoms with van der Waals surface area (Å²) in [6.45, 7) is 1.13. The van der Waals surface area contributed by atoms with E-state index >= 15 is 0 Å². The zero-order chi connectivity index (χ0) is 10.8. The maximum Gasteiger partial charge on any atom is 0.109 e. The standard InChI is InChI=1S/C14H16N2/c1-3-7-12(8-4-1)13-11-16-10-6-2-5-9-14(16)15-13/h1,3-4,7-8,11H,2,5-6,9-10H2. The Morgan fingerprint density at radius 2 is 1.88 bits per heavy atom. The minimum atomic E-state index is 1.12. The van der Waals surface area contributed by atoms with Gasteiger partial charge in [-0.05, 0) is 12.8 Å². The highest BCUT2D eigenvalue weighted by Crippen LogP contribution is 2.21. The van der Waals surface area contributed by atoms with Crippen molar-refractivity contribution < 1.29 is 0 Å². The van der Waals surface area contributed by atoms with Crippen LogP contribution in [-0.2, 0) is 13.0 Å². The maximum atomic E-state index is 4.74. The third-order valence-corrected chi connectivity index (χ3v) is 3.23. The molecule has 3 rings (SSSR count). The summed E-state index contributed by atoms with van der Waals surface area (Å²) in [5.41, 5.74) is 2.35.